The highest BCUT2D eigenvalue weighted by Crippen LogP contribution is 2.42. The van der Waals surface area contributed by atoms with Gasteiger partial charge in [-0.25, -0.2) is 0 Å². The molecule has 0 aliphatic heterocycles. The number of hydrogen-bond acceptors (Lipinski definition) is 1. The molecule has 0 radical (unpaired) electrons. The number of aliphatic carboxylic acids is 1. The Hall–Kier alpha value is -0.530. The van der Waals surface area contributed by atoms with Crippen LogP contribution in [0.4, 0.5) is 0 Å². The lowest BCUT2D eigenvalue weighted by Crippen LogP contribution is -2.34. The first-order valence-corrected chi connectivity index (χ1v) is 22.7. The summed E-state index contributed by atoms with van der Waals surface area (Å²) in [6.45, 7) is 11.5. The van der Waals surface area contributed by atoms with Crippen LogP contribution in [-0.4, -0.2) is 11.1 Å². The molecule has 0 spiro atoms. The normalized spacial score (nSPS) is 14.3. The number of carbonyl (C=O) groups is 1. The van der Waals surface area contributed by atoms with Gasteiger partial charge in [-0.15, -0.1) is 0 Å². The zero-order valence-corrected chi connectivity index (χ0v) is 34.2. The molecule has 3 unspecified atom stereocenters. The van der Waals surface area contributed by atoms with Gasteiger partial charge >= 0.3 is 5.97 Å². The van der Waals surface area contributed by atoms with E-state index in [-0.39, 0.29) is 0 Å². The molecule has 0 aromatic heterocycles. The van der Waals surface area contributed by atoms with E-state index in [1.54, 1.807) is 0 Å². The van der Waals surface area contributed by atoms with E-state index in [0.717, 1.165) is 38.0 Å². The lowest BCUT2D eigenvalue weighted by Gasteiger charge is -2.35. The molecule has 48 heavy (non-hydrogen) atoms. The summed E-state index contributed by atoms with van der Waals surface area (Å²) in [6, 6.07) is 0. The van der Waals surface area contributed by atoms with E-state index in [2.05, 4.69) is 34.6 Å². The Morgan fingerprint density at radius 3 is 1.04 bits per heavy atom. The molecule has 0 saturated heterocycles. The number of carboxylic acids is 1. The Morgan fingerprint density at radius 1 is 0.396 bits per heavy atom. The molecule has 288 valence electrons. The van der Waals surface area contributed by atoms with E-state index in [0.29, 0.717) is 5.92 Å². The van der Waals surface area contributed by atoms with E-state index in [1.165, 1.54) is 205 Å². The van der Waals surface area contributed by atoms with E-state index in [1.807, 2.05) is 0 Å². The topological polar surface area (TPSA) is 37.3 Å². The fourth-order valence-electron chi connectivity index (χ4n) is 8.44. The van der Waals surface area contributed by atoms with Gasteiger partial charge in [0.25, 0.3) is 0 Å². The van der Waals surface area contributed by atoms with E-state index in [9.17, 15) is 9.90 Å². The SMILES string of the molecule is CCCCCCCCCCCCCCC(CCCCCCCCCCCC)(CC(CCCC)CC(CCCC)CCCCCC)C(=O)O. The summed E-state index contributed by atoms with van der Waals surface area (Å²) in [6.07, 6.45) is 47.8. The van der Waals surface area contributed by atoms with Gasteiger partial charge in [-0.05, 0) is 37.5 Å². The average molecular weight is 677 g/mol. The first-order chi connectivity index (χ1) is 23.5. The van der Waals surface area contributed by atoms with Gasteiger partial charge in [0.15, 0.2) is 0 Å². The second-order valence-electron chi connectivity index (χ2n) is 16.5. The molecule has 1 N–H and O–H groups in total. The molecular weight excluding hydrogens is 585 g/mol. The molecule has 0 saturated carbocycles. The minimum atomic E-state index is -0.505. The second-order valence-corrected chi connectivity index (χ2v) is 16.5. The Balaban J connectivity index is 5.28. The molecule has 2 heteroatoms. The Morgan fingerprint density at radius 2 is 0.688 bits per heavy atom. The van der Waals surface area contributed by atoms with Crippen LogP contribution in [-0.2, 0) is 4.79 Å². The molecule has 0 aliphatic rings. The lowest BCUT2D eigenvalue weighted by molar-refractivity contribution is -0.151. The minimum absolute atomic E-state index is 0.462. The van der Waals surface area contributed by atoms with Gasteiger partial charge in [-0.1, -0.05) is 247 Å². The number of rotatable bonds is 40. The van der Waals surface area contributed by atoms with Crippen LogP contribution in [0.2, 0.25) is 0 Å². The van der Waals surface area contributed by atoms with Crippen LogP contribution >= 0.6 is 0 Å². The smallest absolute Gasteiger partial charge is 0.309 e. The zero-order valence-electron chi connectivity index (χ0n) is 34.2. The molecule has 0 aromatic rings. The van der Waals surface area contributed by atoms with Crippen LogP contribution in [0.5, 0.6) is 0 Å². The van der Waals surface area contributed by atoms with Crippen molar-refractivity contribution in [2.24, 2.45) is 17.3 Å². The maximum atomic E-state index is 13.4. The number of hydrogen-bond donors (Lipinski definition) is 1. The summed E-state index contributed by atoms with van der Waals surface area (Å²) in [5.74, 6) is 0.907. The fraction of sp³-hybridized carbons (Fsp3) is 0.978. The molecule has 0 bridgehead atoms. The van der Waals surface area contributed by atoms with Crippen molar-refractivity contribution in [1.29, 1.82) is 0 Å². The lowest BCUT2D eigenvalue weighted by atomic mass is 9.69. The number of unbranched alkanes of at least 4 members (excludes halogenated alkanes) is 25. The summed E-state index contributed by atoms with van der Waals surface area (Å²) in [7, 11) is 0. The van der Waals surface area contributed by atoms with Crippen LogP contribution in [0.1, 0.15) is 272 Å². The molecule has 0 amide bonds. The molecule has 3 atom stereocenters. The predicted octanol–water partition coefficient (Wildman–Crippen LogP) is 16.8. The molecular formula is C46H92O2. The van der Waals surface area contributed by atoms with Gasteiger partial charge < -0.3 is 5.11 Å². The Kier molecular flexibility index (Phi) is 35.9. The van der Waals surface area contributed by atoms with E-state index < -0.39 is 11.4 Å². The van der Waals surface area contributed by atoms with E-state index >= 15 is 0 Å². The van der Waals surface area contributed by atoms with Crippen LogP contribution in [0.15, 0.2) is 0 Å². The highest BCUT2D eigenvalue weighted by Gasteiger charge is 2.39. The summed E-state index contributed by atoms with van der Waals surface area (Å²) < 4.78 is 0. The maximum absolute atomic E-state index is 13.4. The van der Waals surface area contributed by atoms with Crippen molar-refractivity contribution in [3.05, 3.63) is 0 Å². The third-order valence-electron chi connectivity index (χ3n) is 11.7. The molecule has 0 aliphatic carbocycles. The standard InChI is InChI=1S/C46H92O2/c1-6-11-16-19-21-23-25-26-28-30-32-35-40-46(45(47)48,39-34-31-29-27-24-22-20-17-12-7-2)42-44(37-15-10-5)41-43(36-14-9-4)38-33-18-13-8-3/h43-44H,6-42H2,1-5H3,(H,47,48). The second kappa shape index (κ2) is 36.3. The van der Waals surface area contributed by atoms with Crippen molar-refractivity contribution in [2.45, 2.75) is 272 Å². The summed E-state index contributed by atoms with van der Waals surface area (Å²) >= 11 is 0. The first kappa shape index (κ1) is 47.5. The van der Waals surface area contributed by atoms with Crippen molar-refractivity contribution in [1.82, 2.24) is 0 Å². The molecule has 2 nitrogen and oxygen atoms in total. The Labute approximate surface area is 304 Å². The zero-order chi connectivity index (χ0) is 35.4. The predicted molar refractivity (Wildman–Crippen MR) is 216 cm³/mol. The first-order valence-electron chi connectivity index (χ1n) is 22.7. The van der Waals surface area contributed by atoms with Crippen molar-refractivity contribution < 1.29 is 9.90 Å². The molecule has 0 heterocycles. The summed E-state index contributed by atoms with van der Waals surface area (Å²) in [5.41, 5.74) is -0.505. The van der Waals surface area contributed by atoms with Crippen LogP contribution in [0, 0.1) is 17.3 Å². The summed E-state index contributed by atoms with van der Waals surface area (Å²) in [4.78, 5) is 13.4. The van der Waals surface area contributed by atoms with Crippen molar-refractivity contribution >= 4 is 5.97 Å². The van der Waals surface area contributed by atoms with Gasteiger partial charge in [0.2, 0.25) is 0 Å². The number of carboxylic acid groups (broad SMARTS) is 1. The monoisotopic (exact) mass is 677 g/mol. The van der Waals surface area contributed by atoms with Crippen LogP contribution in [0.3, 0.4) is 0 Å². The quantitative estimate of drug-likeness (QED) is 0.0656. The molecule has 0 aromatic carbocycles. The Bertz CT molecular complexity index is 644. The third-order valence-corrected chi connectivity index (χ3v) is 11.7. The largest absolute Gasteiger partial charge is 0.481 e. The van der Waals surface area contributed by atoms with Gasteiger partial charge in [-0.2, -0.15) is 0 Å². The van der Waals surface area contributed by atoms with Crippen molar-refractivity contribution in [3.63, 3.8) is 0 Å². The van der Waals surface area contributed by atoms with Crippen LogP contribution < -0.4 is 0 Å². The van der Waals surface area contributed by atoms with E-state index in [4.69, 9.17) is 0 Å². The fourth-order valence-corrected chi connectivity index (χ4v) is 8.44. The minimum Gasteiger partial charge on any atom is -0.481 e. The maximum Gasteiger partial charge on any atom is 0.309 e. The summed E-state index contributed by atoms with van der Waals surface area (Å²) in [5, 5.41) is 11.0. The van der Waals surface area contributed by atoms with Gasteiger partial charge in [0, 0.05) is 0 Å². The third kappa shape index (κ3) is 28.2. The van der Waals surface area contributed by atoms with Gasteiger partial charge in [-0.3, -0.25) is 4.79 Å². The highest BCUT2D eigenvalue weighted by molar-refractivity contribution is 5.74. The van der Waals surface area contributed by atoms with Gasteiger partial charge in [0.05, 0.1) is 5.41 Å². The van der Waals surface area contributed by atoms with Crippen molar-refractivity contribution in [3.8, 4) is 0 Å². The highest BCUT2D eigenvalue weighted by atomic mass is 16.4. The van der Waals surface area contributed by atoms with Crippen LogP contribution in [0.25, 0.3) is 0 Å². The molecule has 0 fully saturated rings. The average Bonchev–Trinajstić information content (AvgIpc) is 3.08. The molecule has 0 rings (SSSR count). The van der Waals surface area contributed by atoms with Gasteiger partial charge in [0.1, 0.15) is 0 Å². The van der Waals surface area contributed by atoms with Crippen molar-refractivity contribution in [2.75, 3.05) is 0 Å².